The summed E-state index contributed by atoms with van der Waals surface area (Å²) in [5.74, 6) is -1.11. The lowest BCUT2D eigenvalue weighted by atomic mass is 9.85. The van der Waals surface area contributed by atoms with Gasteiger partial charge in [0.1, 0.15) is 16.6 Å². The van der Waals surface area contributed by atoms with Crippen molar-refractivity contribution < 1.29 is 22.3 Å². The van der Waals surface area contributed by atoms with Crippen LogP contribution in [0.2, 0.25) is 5.15 Å². The van der Waals surface area contributed by atoms with Gasteiger partial charge in [0.15, 0.2) is 0 Å². The number of pyridine rings is 1. The molecule has 0 radical (unpaired) electrons. The van der Waals surface area contributed by atoms with Gasteiger partial charge in [-0.15, -0.1) is 0 Å². The minimum absolute atomic E-state index is 0.154. The van der Waals surface area contributed by atoms with Crippen molar-refractivity contribution in [2.24, 2.45) is 5.73 Å². The number of piperidine rings is 1. The van der Waals surface area contributed by atoms with E-state index in [1.807, 2.05) is 6.07 Å². The third kappa shape index (κ3) is 6.07. The number of likely N-dealkylation sites (tertiary alicyclic amines) is 1. The van der Waals surface area contributed by atoms with Crippen LogP contribution in [0.5, 0.6) is 0 Å². The molecule has 1 fully saturated rings. The molecule has 0 bridgehead atoms. The standard InChI is InChI=1S/C32H30ClF4N5O3/c33-27-10-9-20(15-39-27)16-40-13-11-31(12-14-40)28-26(19-45-31)41(17-22-23(32(35,36)37)7-4-8-24(22)34)30(44)42(29(28)43)18-25(38)21-5-2-1-3-6-21/h1-10,15,25H,11-14,16-19,38H2/t25-/m0/s1. The van der Waals surface area contributed by atoms with E-state index in [-0.39, 0.29) is 24.4 Å². The molecule has 8 nitrogen and oxygen atoms in total. The molecular formula is C32H30ClF4N5O3. The van der Waals surface area contributed by atoms with Gasteiger partial charge in [0, 0.05) is 37.4 Å². The summed E-state index contributed by atoms with van der Waals surface area (Å²) in [5.41, 5.74) is 3.97. The smallest absolute Gasteiger partial charge is 0.364 e. The summed E-state index contributed by atoms with van der Waals surface area (Å²) in [7, 11) is 0. The maximum absolute atomic E-state index is 15.0. The molecule has 2 aliphatic rings. The zero-order chi connectivity index (χ0) is 31.9. The van der Waals surface area contributed by atoms with Gasteiger partial charge in [-0.1, -0.05) is 54.1 Å². The summed E-state index contributed by atoms with van der Waals surface area (Å²) < 4.78 is 65.1. The Kier molecular flexibility index (Phi) is 8.42. The molecule has 236 valence electrons. The van der Waals surface area contributed by atoms with E-state index >= 15 is 4.39 Å². The number of rotatable bonds is 7. The number of alkyl halides is 3. The van der Waals surface area contributed by atoms with E-state index < -0.39 is 52.6 Å². The van der Waals surface area contributed by atoms with Crippen molar-refractivity contribution in [2.45, 2.75) is 56.9 Å². The van der Waals surface area contributed by atoms with E-state index in [1.165, 1.54) is 0 Å². The van der Waals surface area contributed by atoms with Gasteiger partial charge < -0.3 is 10.5 Å². The Bertz CT molecular complexity index is 1820. The number of nitrogens with zero attached hydrogens (tertiary/aromatic N) is 4. The number of halogens is 5. The van der Waals surface area contributed by atoms with Gasteiger partial charge in [0.2, 0.25) is 0 Å². The van der Waals surface area contributed by atoms with Gasteiger partial charge >= 0.3 is 11.9 Å². The second-order valence-electron chi connectivity index (χ2n) is 11.4. The first-order chi connectivity index (χ1) is 21.5. The molecule has 2 aliphatic heterocycles. The maximum atomic E-state index is 15.0. The summed E-state index contributed by atoms with van der Waals surface area (Å²) in [5, 5.41) is 0.388. The highest BCUT2D eigenvalue weighted by Gasteiger charge is 2.47. The first-order valence-corrected chi connectivity index (χ1v) is 14.8. The lowest BCUT2D eigenvalue weighted by Gasteiger charge is -2.38. The average molecular weight is 644 g/mol. The van der Waals surface area contributed by atoms with Crippen LogP contribution in [0.25, 0.3) is 0 Å². The van der Waals surface area contributed by atoms with E-state index in [4.69, 9.17) is 22.1 Å². The monoisotopic (exact) mass is 643 g/mol. The Balaban J connectivity index is 1.41. The topological polar surface area (TPSA) is 95.4 Å². The second-order valence-corrected chi connectivity index (χ2v) is 11.8. The van der Waals surface area contributed by atoms with Crippen LogP contribution in [0.15, 0.2) is 76.4 Å². The van der Waals surface area contributed by atoms with Gasteiger partial charge in [-0.3, -0.25) is 18.8 Å². The van der Waals surface area contributed by atoms with Gasteiger partial charge in [0.25, 0.3) is 5.56 Å². The Morgan fingerprint density at radius 1 is 0.978 bits per heavy atom. The van der Waals surface area contributed by atoms with Crippen LogP contribution in [0, 0.1) is 5.82 Å². The van der Waals surface area contributed by atoms with Gasteiger partial charge in [-0.2, -0.15) is 13.2 Å². The predicted molar refractivity (Wildman–Crippen MR) is 159 cm³/mol. The lowest BCUT2D eigenvalue weighted by molar-refractivity contribution is -0.138. The second kappa shape index (κ2) is 12.2. The number of ether oxygens (including phenoxy) is 1. The van der Waals surface area contributed by atoms with E-state index in [0.717, 1.165) is 32.9 Å². The molecule has 2 N–H and O–H groups in total. The highest BCUT2D eigenvalue weighted by atomic mass is 35.5. The van der Waals surface area contributed by atoms with Crippen LogP contribution < -0.4 is 17.0 Å². The molecule has 1 spiro atoms. The molecular weight excluding hydrogens is 614 g/mol. The largest absolute Gasteiger partial charge is 0.416 e. The molecule has 6 rings (SSSR count). The van der Waals surface area contributed by atoms with Crippen molar-refractivity contribution in [3.8, 4) is 0 Å². The summed E-state index contributed by atoms with van der Waals surface area (Å²) in [6.45, 7) is 0.521. The SMILES string of the molecule is N[C@@H](Cn1c(=O)c2c(n(Cc3c(F)cccc3C(F)(F)F)c1=O)COC21CCN(Cc2ccc(Cl)nc2)CC1)c1ccccc1. The Hall–Kier alpha value is -3.84. The molecule has 1 atom stereocenters. The molecule has 4 heterocycles. The van der Waals surface area contributed by atoms with Crippen LogP contribution in [-0.4, -0.2) is 32.1 Å². The van der Waals surface area contributed by atoms with Crippen molar-refractivity contribution in [1.29, 1.82) is 0 Å². The molecule has 2 aromatic carbocycles. The van der Waals surface area contributed by atoms with Crippen molar-refractivity contribution in [3.63, 3.8) is 0 Å². The number of fused-ring (bicyclic) bond motifs is 2. The summed E-state index contributed by atoms with van der Waals surface area (Å²) in [6.07, 6.45) is -2.38. The molecule has 0 aliphatic carbocycles. The van der Waals surface area contributed by atoms with Gasteiger partial charge in [-0.25, -0.2) is 14.2 Å². The maximum Gasteiger partial charge on any atom is 0.416 e. The molecule has 13 heteroatoms. The van der Waals surface area contributed by atoms with Gasteiger partial charge in [-0.05, 0) is 42.2 Å². The van der Waals surface area contributed by atoms with Crippen molar-refractivity contribution in [1.82, 2.24) is 19.0 Å². The summed E-state index contributed by atoms with van der Waals surface area (Å²) in [4.78, 5) is 34.4. The molecule has 0 amide bonds. The number of aromatic nitrogens is 3. The number of benzene rings is 2. The normalized spacial score (nSPS) is 17.0. The van der Waals surface area contributed by atoms with E-state index in [9.17, 15) is 22.8 Å². The predicted octanol–water partition coefficient (Wildman–Crippen LogP) is 4.99. The fourth-order valence-electron chi connectivity index (χ4n) is 6.32. The van der Waals surface area contributed by atoms with Gasteiger partial charge in [0.05, 0.1) is 36.5 Å². The first-order valence-electron chi connectivity index (χ1n) is 14.5. The van der Waals surface area contributed by atoms with Crippen LogP contribution in [0.1, 0.15) is 52.4 Å². The highest BCUT2D eigenvalue weighted by Crippen LogP contribution is 2.43. The fourth-order valence-corrected chi connectivity index (χ4v) is 6.43. The fraction of sp³-hybridized carbons (Fsp3) is 0.344. The van der Waals surface area contributed by atoms with Crippen LogP contribution in [-0.2, 0) is 42.8 Å². The third-order valence-corrected chi connectivity index (χ3v) is 8.91. The molecule has 0 saturated carbocycles. The highest BCUT2D eigenvalue weighted by molar-refractivity contribution is 6.29. The molecule has 45 heavy (non-hydrogen) atoms. The van der Waals surface area contributed by atoms with E-state index in [1.54, 1.807) is 42.6 Å². The molecule has 0 unspecified atom stereocenters. The Morgan fingerprint density at radius 3 is 2.38 bits per heavy atom. The third-order valence-electron chi connectivity index (χ3n) is 8.68. The Labute approximate surface area is 260 Å². The number of nitrogens with two attached hydrogens (primary N) is 1. The minimum atomic E-state index is -4.86. The van der Waals surface area contributed by atoms with Crippen molar-refractivity contribution in [2.75, 3.05) is 13.1 Å². The van der Waals surface area contributed by atoms with Crippen LogP contribution >= 0.6 is 11.6 Å². The molecule has 4 aromatic rings. The minimum Gasteiger partial charge on any atom is -0.364 e. The lowest BCUT2D eigenvalue weighted by Crippen LogP contribution is -2.49. The zero-order valence-electron chi connectivity index (χ0n) is 24.1. The molecule has 2 aromatic heterocycles. The Morgan fingerprint density at radius 2 is 1.71 bits per heavy atom. The zero-order valence-corrected chi connectivity index (χ0v) is 24.8. The van der Waals surface area contributed by atoms with Crippen molar-refractivity contribution in [3.05, 3.63) is 132 Å². The quantitative estimate of drug-likeness (QED) is 0.225. The van der Waals surface area contributed by atoms with E-state index in [2.05, 4.69) is 9.88 Å². The average Bonchev–Trinajstić information content (AvgIpc) is 3.38. The summed E-state index contributed by atoms with van der Waals surface area (Å²) >= 11 is 5.91. The molecule has 1 saturated heterocycles. The summed E-state index contributed by atoms with van der Waals surface area (Å²) in [6, 6.07) is 14.3. The van der Waals surface area contributed by atoms with E-state index in [0.29, 0.717) is 43.2 Å². The van der Waals surface area contributed by atoms with Crippen LogP contribution in [0.4, 0.5) is 17.6 Å². The van der Waals surface area contributed by atoms with Crippen molar-refractivity contribution >= 4 is 11.6 Å². The van der Waals surface area contributed by atoms with Crippen LogP contribution in [0.3, 0.4) is 0 Å². The first kappa shape index (κ1) is 31.2. The number of hydrogen-bond donors (Lipinski definition) is 1. The number of hydrogen-bond acceptors (Lipinski definition) is 6.